The van der Waals surface area contributed by atoms with E-state index in [1.165, 1.54) is 14.2 Å². The molecule has 0 bridgehead atoms. The average Bonchev–Trinajstić information content (AvgIpc) is 2.55. The average molecular weight is 305 g/mol. The highest BCUT2D eigenvalue weighted by Crippen LogP contribution is 2.26. The summed E-state index contributed by atoms with van der Waals surface area (Å²) in [6.45, 7) is 0.735. The second-order valence-electron chi connectivity index (χ2n) is 4.91. The fourth-order valence-electron chi connectivity index (χ4n) is 2.18. The molecule has 0 saturated carbocycles. The van der Waals surface area contributed by atoms with E-state index >= 15 is 0 Å². The molecule has 1 heterocycles. The summed E-state index contributed by atoms with van der Waals surface area (Å²) in [6.07, 6.45) is 1.50. The van der Waals surface area contributed by atoms with Crippen molar-refractivity contribution in [2.45, 2.75) is 12.8 Å². The van der Waals surface area contributed by atoms with Crippen LogP contribution in [0.25, 0.3) is 0 Å². The molecule has 22 heavy (non-hydrogen) atoms. The zero-order chi connectivity index (χ0) is 16.1. The zero-order valence-electron chi connectivity index (χ0n) is 12.9. The van der Waals surface area contributed by atoms with Gasteiger partial charge in [0.1, 0.15) is 11.5 Å². The largest absolute Gasteiger partial charge is 0.495 e. The Hall–Kier alpha value is -2.57. The van der Waals surface area contributed by atoms with Crippen LogP contribution in [0.5, 0.6) is 5.75 Å². The van der Waals surface area contributed by atoms with Gasteiger partial charge in [0.05, 0.1) is 25.5 Å². The molecule has 1 aliphatic rings. The Morgan fingerprint density at radius 3 is 2.82 bits per heavy atom. The van der Waals surface area contributed by atoms with E-state index in [4.69, 9.17) is 4.74 Å². The second kappa shape index (κ2) is 6.93. The van der Waals surface area contributed by atoms with Crippen LogP contribution in [0.1, 0.15) is 23.2 Å². The van der Waals surface area contributed by atoms with Crippen molar-refractivity contribution in [2.75, 3.05) is 33.2 Å². The molecule has 2 rings (SSSR count). The number of carbonyl (C=O) groups excluding carboxylic acids is 2. The first kappa shape index (κ1) is 15.8. The normalized spacial score (nSPS) is 16.6. The molecule has 1 aromatic rings. The van der Waals surface area contributed by atoms with Gasteiger partial charge in [-0.3, -0.25) is 10.2 Å². The van der Waals surface area contributed by atoms with Crippen LogP contribution in [0, 0.1) is 0 Å². The first-order valence-corrected chi connectivity index (χ1v) is 6.91. The third kappa shape index (κ3) is 3.36. The van der Waals surface area contributed by atoms with Gasteiger partial charge in [0, 0.05) is 13.6 Å². The standard InChI is InChI=1S/C15H19N3O4/c1-18-8-4-5-11(14(18)19)16-17-12-9-10(15(20)22-3)6-7-13(12)21-2/h6-7,9,17H,4-5,8H2,1-3H3/b16-11+. The number of benzene rings is 1. The Morgan fingerprint density at radius 1 is 1.36 bits per heavy atom. The van der Waals surface area contributed by atoms with Crippen LogP contribution < -0.4 is 10.2 Å². The molecule has 118 valence electrons. The Kier molecular flexibility index (Phi) is 4.98. The predicted octanol–water partition coefficient (Wildman–Crippen LogP) is 1.50. The molecule has 1 amide bonds. The molecule has 0 unspecified atom stereocenters. The number of rotatable bonds is 4. The van der Waals surface area contributed by atoms with Gasteiger partial charge in [-0.15, -0.1) is 0 Å². The second-order valence-corrected chi connectivity index (χ2v) is 4.91. The Labute approximate surface area is 128 Å². The molecular weight excluding hydrogens is 286 g/mol. The van der Waals surface area contributed by atoms with Gasteiger partial charge in [0.25, 0.3) is 5.91 Å². The number of methoxy groups -OCH3 is 2. The summed E-state index contributed by atoms with van der Waals surface area (Å²) >= 11 is 0. The zero-order valence-corrected chi connectivity index (χ0v) is 12.9. The quantitative estimate of drug-likeness (QED) is 0.673. The molecule has 1 aromatic carbocycles. The van der Waals surface area contributed by atoms with Crippen molar-refractivity contribution in [2.24, 2.45) is 5.10 Å². The van der Waals surface area contributed by atoms with Crippen molar-refractivity contribution in [3.63, 3.8) is 0 Å². The molecular formula is C15H19N3O4. The first-order chi connectivity index (χ1) is 10.6. The molecule has 7 nitrogen and oxygen atoms in total. The summed E-state index contributed by atoms with van der Waals surface area (Å²) in [5.74, 6) is -0.0257. The highest BCUT2D eigenvalue weighted by Gasteiger charge is 2.21. The van der Waals surface area contributed by atoms with Gasteiger partial charge < -0.3 is 14.4 Å². The number of anilines is 1. The minimum absolute atomic E-state index is 0.0955. The van der Waals surface area contributed by atoms with E-state index in [-0.39, 0.29) is 5.91 Å². The maximum atomic E-state index is 12.0. The molecule has 0 radical (unpaired) electrons. The van der Waals surface area contributed by atoms with Crippen LogP contribution >= 0.6 is 0 Å². The topological polar surface area (TPSA) is 80.2 Å². The van der Waals surface area contributed by atoms with E-state index in [0.717, 1.165) is 13.0 Å². The van der Waals surface area contributed by atoms with Crippen molar-refractivity contribution in [1.29, 1.82) is 0 Å². The lowest BCUT2D eigenvalue weighted by Crippen LogP contribution is -2.39. The van der Waals surface area contributed by atoms with Crippen LogP contribution in [0.3, 0.4) is 0 Å². The van der Waals surface area contributed by atoms with Crippen molar-refractivity contribution in [1.82, 2.24) is 4.90 Å². The molecule has 7 heteroatoms. The van der Waals surface area contributed by atoms with Gasteiger partial charge >= 0.3 is 5.97 Å². The van der Waals surface area contributed by atoms with E-state index in [1.54, 1.807) is 30.1 Å². The molecule has 1 N–H and O–H groups in total. The molecule has 1 saturated heterocycles. The Morgan fingerprint density at radius 2 is 2.14 bits per heavy atom. The molecule has 0 spiro atoms. The van der Waals surface area contributed by atoms with Crippen molar-refractivity contribution in [3.8, 4) is 5.75 Å². The van der Waals surface area contributed by atoms with Crippen LogP contribution in [0.2, 0.25) is 0 Å². The minimum atomic E-state index is -0.452. The lowest BCUT2D eigenvalue weighted by molar-refractivity contribution is -0.123. The summed E-state index contributed by atoms with van der Waals surface area (Å²) in [5, 5.41) is 4.16. The van der Waals surface area contributed by atoms with Gasteiger partial charge in [-0.2, -0.15) is 5.10 Å². The summed E-state index contributed by atoms with van der Waals surface area (Å²) in [4.78, 5) is 25.2. The number of carbonyl (C=O) groups is 2. The van der Waals surface area contributed by atoms with Gasteiger partial charge in [0.2, 0.25) is 0 Å². The number of hydrogen-bond acceptors (Lipinski definition) is 6. The number of piperidine rings is 1. The summed E-state index contributed by atoms with van der Waals surface area (Å²) < 4.78 is 9.91. The van der Waals surface area contributed by atoms with Crippen molar-refractivity contribution < 1.29 is 19.1 Å². The van der Waals surface area contributed by atoms with E-state index in [0.29, 0.717) is 29.1 Å². The number of ether oxygens (including phenoxy) is 2. The fraction of sp³-hybridized carbons (Fsp3) is 0.400. The van der Waals surface area contributed by atoms with Gasteiger partial charge in [0.15, 0.2) is 0 Å². The molecule has 0 aromatic heterocycles. The monoisotopic (exact) mass is 305 g/mol. The number of nitrogens with zero attached hydrogens (tertiary/aromatic N) is 2. The van der Waals surface area contributed by atoms with E-state index in [9.17, 15) is 9.59 Å². The summed E-state index contributed by atoms with van der Waals surface area (Å²) in [7, 11) is 4.58. The molecule has 1 fully saturated rings. The number of nitrogens with one attached hydrogen (secondary N) is 1. The highest BCUT2D eigenvalue weighted by atomic mass is 16.5. The third-order valence-corrected chi connectivity index (χ3v) is 3.43. The lowest BCUT2D eigenvalue weighted by atomic mass is 10.1. The SMILES string of the molecule is COC(=O)c1ccc(OC)c(N/N=C2\CCCN(C)C2=O)c1. The summed E-state index contributed by atoms with van der Waals surface area (Å²) in [5.41, 5.74) is 4.14. The molecule has 1 aliphatic heterocycles. The minimum Gasteiger partial charge on any atom is -0.495 e. The van der Waals surface area contributed by atoms with E-state index < -0.39 is 5.97 Å². The van der Waals surface area contributed by atoms with Crippen LogP contribution in [-0.2, 0) is 9.53 Å². The van der Waals surface area contributed by atoms with Crippen molar-refractivity contribution >= 4 is 23.3 Å². The Balaban J connectivity index is 2.24. The maximum absolute atomic E-state index is 12.0. The predicted molar refractivity (Wildman–Crippen MR) is 82.3 cm³/mol. The lowest BCUT2D eigenvalue weighted by Gasteiger charge is -2.23. The van der Waals surface area contributed by atoms with Gasteiger partial charge in [-0.25, -0.2) is 4.79 Å². The highest BCUT2D eigenvalue weighted by molar-refractivity contribution is 6.39. The van der Waals surface area contributed by atoms with E-state index in [2.05, 4.69) is 15.3 Å². The summed E-state index contributed by atoms with van der Waals surface area (Å²) in [6, 6.07) is 4.82. The smallest absolute Gasteiger partial charge is 0.337 e. The molecule has 0 aliphatic carbocycles. The van der Waals surface area contributed by atoms with E-state index in [1.807, 2.05) is 0 Å². The number of likely N-dealkylation sites (tertiary alicyclic amines) is 1. The third-order valence-electron chi connectivity index (χ3n) is 3.43. The first-order valence-electron chi connectivity index (χ1n) is 6.91. The fourth-order valence-corrected chi connectivity index (χ4v) is 2.18. The number of amides is 1. The number of esters is 1. The number of hydrogen-bond donors (Lipinski definition) is 1. The van der Waals surface area contributed by atoms with Crippen molar-refractivity contribution in [3.05, 3.63) is 23.8 Å². The van der Waals surface area contributed by atoms with Crippen LogP contribution in [0.4, 0.5) is 5.69 Å². The van der Waals surface area contributed by atoms with Gasteiger partial charge in [-0.05, 0) is 31.0 Å². The van der Waals surface area contributed by atoms with Crippen LogP contribution in [0.15, 0.2) is 23.3 Å². The van der Waals surface area contributed by atoms with Crippen LogP contribution in [-0.4, -0.2) is 50.3 Å². The Bertz CT molecular complexity index is 613. The van der Waals surface area contributed by atoms with Gasteiger partial charge in [-0.1, -0.05) is 0 Å². The maximum Gasteiger partial charge on any atom is 0.337 e. The number of hydrazone groups is 1. The molecule has 0 atom stereocenters.